The van der Waals surface area contributed by atoms with Gasteiger partial charge >= 0.3 is 5.97 Å². The lowest BCUT2D eigenvalue weighted by molar-refractivity contribution is -0.139. The topological polar surface area (TPSA) is 69.9 Å². The maximum absolute atomic E-state index is 13.6. The van der Waals surface area contributed by atoms with Crippen LogP contribution in [0.3, 0.4) is 0 Å². The van der Waals surface area contributed by atoms with Gasteiger partial charge in [0, 0.05) is 10.5 Å². The van der Waals surface area contributed by atoms with Gasteiger partial charge in [-0.3, -0.25) is 9.36 Å². The molecule has 1 aliphatic heterocycles. The SMILES string of the molecule is CCOC(=O)C1=C(C)N=c2sc(=CC=Cc3ccccc3OC)c(=O)n2C1c1ccc(SC)cc1. The van der Waals surface area contributed by atoms with Gasteiger partial charge in [0.1, 0.15) is 5.75 Å². The summed E-state index contributed by atoms with van der Waals surface area (Å²) in [5.41, 5.74) is 2.47. The molecule has 0 N–H and O–H groups in total. The Morgan fingerprint density at radius 2 is 1.94 bits per heavy atom. The number of methoxy groups -OCH3 is 1. The van der Waals surface area contributed by atoms with E-state index < -0.39 is 12.0 Å². The van der Waals surface area contributed by atoms with E-state index in [1.165, 1.54) is 11.3 Å². The zero-order valence-electron chi connectivity index (χ0n) is 20.0. The maximum atomic E-state index is 13.6. The largest absolute Gasteiger partial charge is 0.496 e. The summed E-state index contributed by atoms with van der Waals surface area (Å²) in [7, 11) is 1.62. The molecule has 8 heteroatoms. The Labute approximate surface area is 211 Å². The van der Waals surface area contributed by atoms with E-state index in [-0.39, 0.29) is 12.2 Å². The number of carbonyl (C=O) groups is 1. The van der Waals surface area contributed by atoms with Crippen LogP contribution in [-0.4, -0.2) is 30.5 Å². The van der Waals surface area contributed by atoms with Crippen LogP contribution in [0.15, 0.2) is 80.6 Å². The second kappa shape index (κ2) is 10.9. The molecule has 0 spiro atoms. The summed E-state index contributed by atoms with van der Waals surface area (Å²) >= 11 is 2.93. The van der Waals surface area contributed by atoms with Gasteiger partial charge in [-0.05, 0) is 49.9 Å². The van der Waals surface area contributed by atoms with Gasteiger partial charge in [0.15, 0.2) is 4.80 Å². The van der Waals surface area contributed by atoms with Gasteiger partial charge in [0.2, 0.25) is 0 Å². The Morgan fingerprint density at radius 3 is 2.63 bits per heavy atom. The molecule has 0 amide bonds. The standard InChI is InChI=1S/C27H26N2O4S2/c1-5-33-26(31)23-17(2)28-27-29(24(23)19-13-15-20(34-4)16-14-19)25(30)22(35-27)12-8-10-18-9-6-7-11-21(18)32-3/h6-16,24H,5H2,1-4H3. The molecule has 35 heavy (non-hydrogen) atoms. The molecule has 1 aliphatic rings. The number of benzene rings is 2. The molecule has 4 rings (SSSR count). The second-order valence-electron chi connectivity index (χ2n) is 7.70. The van der Waals surface area contributed by atoms with E-state index in [1.807, 2.05) is 66.9 Å². The molecule has 0 saturated heterocycles. The zero-order valence-corrected chi connectivity index (χ0v) is 21.6. The normalized spacial score (nSPS) is 15.8. The number of aromatic nitrogens is 1. The fraction of sp³-hybridized carbons (Fsp3) is 0.222. The van der Waals surface area contributed by atoms with E-state index in [0.717, 1.165) is 21.8 Å². The summed E-state index contributed by atoms with van der Waals surface area (Å²) in [6.45, 7) is 3.79. The van der Waals surface area contributed by atoms with Gasteiger partial charge in [0.25, 0.3) is 5.56 Å². The summed E-state index contributed by atoms with van der Waals surface area (Å²) in [5, 5.41) is 0. The molecule has 0 bridgehead atoms. The minimum atomic E-state index is -0.610. The predicted octanol–water partition coefficient (Wildman–Crippen LogP) is 4.19. The Bertz CT molecular complexity index is 1480. The Morgan fingerprint density at radius 1 is 1.20 bits per heavy atom. The second-order valence-corrected chi connectivity index (χ2v) is 9.59. The van der Waals surface area contributed by atoms with Gasteiger partial charge in [-0.1, -0.05) is 53.8 Å². The van der Waals surface area contributed by atoms with Crippen LogP contribution in [0.1, 0.15) is 31.0 Å². The van der Waals surface area contributed by atoms with E-state index >= 15 is 0 Å². The number of rotatable bonds is 7. The molecule has 0 fully saturated rings. The average Bonchev–Trinajstić information content (AvgIpc) is 3.18. The first-order valence-corrected chi connectivity index (χ1v) is 13.2. The molecule has 1 atom stereocenters. The van der Waals surface area contributed by atoms with E-state index in [2.05, 4.69) is 4.99 Å². The van der Waals surface area contributed by atoms with Gasteiger partial charge in [-0.15, -0.1) is 11.8 Å². The average molecular weight is 507 g/mol. The number of ether oxygens (including phenoxy) is 2. The van der Waals surface area contributed by atoms with Crippen LogP contribution in [0.2, 0.25) is 0 Å². The molecule has 0 aliphatic carbocycles. The van der Waals surface area contributed by atoms with E-state index in [1.54, 1.807) is 43.4 Å². The van der Waals surface area contributed by atoms with Crippen molar-refractivity contribution in [2.24, 2.45) is 4.99 Å². The van der Waals surface area contributed by atoms with E-state index in [4.69, 9.17) is 9.47 Å². The van der Waals surface area contributed by atoms with Crippen molar-refractivity contribution in [1.82, 2.24) is 4.57 Å². The predicted molar refractivity (Wildman–Crippen MR) is 142 cm³/mol. The minimum Gasteiger partial charge on any atom is -0.496 e. The zero-order chi connectivity index (χ0) is 24.9. The molecule has 0 saturated carbocycles. The van der Waals surface area contributed by atoms with Crippen molar-refractivity contribution >= 4 is 41.2 Å². The van der Waals surface area contributed by atoms with Gasteiger partial charge in [-0.25, -0.2) is 9.79 Å². The molecular formula is C27H26N2O4S2. The number of esters is 1. The third kappa shape index (κ3) is 5.04. The maximum Gasteiger partial charge on any atom is 0.338 e. The third-order valence-corrected chi connectivity index (χ3v) is 7.36. The molecule has 1 aromatic heterocycles. The minimum absolute atomic E-state index is 0.202. The molecule has 6 nitrogen and oxygen atoms in total. The highest BCUT2D eigenvalue weighted by Crippen LogP contribution is 2.31. The number of fused-ring (bicyclic) bond motifs is 1. The van der Waals surface area contributed by atoms with Crippen LogP contribution in [-0.2, 0) is 9.53 Å². The highest BCUT2D eigenvalue weighted by molar-refractivity contribution is 7.98. The highest BCUT2D eigenvalue weighted by atomic mass is 32.2. The number of carbonyl (C=O) groups excluding carboxylic acids is 1. The molecule has 0 radical (unpaired) electrons. The summed E-state index contributed by atoms with van der Waals surface area (Å²) in [6, 6.07) is 14.9. The lowest BCUT2D eigenvalue weighted by Crippen LogP contribution is -2.39. The Kier molecular flexibility index (Phi) is 7.73. The summed E-state index contributed by atoms with van der Waals surface area (Å²) in [5.74, 6) is 0.292. The first kappa shape index (κ1) is 24.8. The number of para-hydroxylation sites is 1. The fourth-order valence-electron chi connectivity index (χ4n) is 3.95. The molecule has 1 unspecified atom stereocenters. The van der Waals surface area contributed by atoms with Gasteiger partial charge in [-0.2, -0.15) is 0 Å². The summed E-state index contributed by atoms with van der Waals surface area (Å²) < 4.78 is 12.9. The molecule has 3 aromatic rings. The lowest BCUT2D eigenvalue weighted by atomic mass is 9.96. The van der Waals surface area contributed by atoms with Gasteiger partial charge < -0.3 is 9.47 Å². The third-order valence-electron chi connectivity index (χ3n) is 5.61. The van der Waals surface area contributed by atoms with Crippen LogP contribution >= 0.6 is 23.1 Å². The van der Waals surface area contributed by atoms with Crippen molar-refractivity contribution in [3.63, 3.8) is 0 Å². The molecular weight excluding hydrogens is 480 g/mol. The van der Waals surface area contributed by atoms with Crippen molar-refractivity contribution in [3.8, 4) is 5.75 Å². The van der Waals surface area contributed by atoms with E-state index in [9.17, 15) is 9.59 Å². The molecule has 2 heterocycles. The first-order valence-electron chi connectivity index (χ1n) is 11.1. The Hall–Kier alpha value is -3.36. The number of thioether (sulfide) groups is 1. The number of hydrogen-bond acceptors (Lipinski definition) is 7. The van der Waals surface area contributed by atoms with Crippen LogP contribution in [0.4, 0.5) is 0 Å². The molecule has 180 valence electrons. The van der Waals surface area contributed by atoms with Crippen LogP contribution in [0.25, 0.3) is 12.2 Å². The highest BCUT2D eigenvalue weighted by Gasteiger charge is 2.33. The van der Waals surface area contributed by atoms with Crippen molar-refractivity contribution in [2.75, 3.05) is 20.0 Å². The summed E-state index contributed by atoms with van der Waals surface area (Å²) in [6.07, 6.45) is 7.50. The lowest BCUT2D eigenvalue weighted by Gasteiger charge is -2.24. The monoisotopic (exact) mass is 506 g/mol. The number of thiazole rings is 1. The van der Waals surface area contributed by atoms with Crippen molar-refractivity contribution in [2.45, 2.75) is 24.8 Å². The van der Waals surface area contributed by atoms with Crippen LogP contribution in [0.5, 0.6) is 5.75 Å². The van der Waals surface area contributed by atoms with Crippen molar-refractivity contribution in [1.29, 1.82) is 0 Å². The quantitative estimate of drug-likeness (QED) is 0.355. The van der Waals surface area contributed by atoms with Crippen LogP contribution in [0, 0.1) is 0 Å². The smallest absolute Gasteiger partial charge is 0.338 e. The Balaban J connectivity index is 1.84. The van der Waals surface area contributed by atoms with Crippen LogP contribution < -0.4 is 19.6 Å². The van der Waals surface area contributed by atoms with Gasteiger partial charge in [0.05, 0.1) is 35.6 Å². The number of hydrogen-bond donors (Lipinski definition) is 0. The van der Waals surface area contributed by atoms with Crippen molar-refractivity contribution in [3.05, 3.63) is 96.7 Å². The summed E-state index contributed by atoms with van der Waals surface area (Å²) in [4.78, 5) is 32.8. The number of allylic oxidation sites excluding steroid dienone is 2. The fourth-order valence-corrected chi connectivity index (χ4v) is 5.36. The number of nitrogens with zero attached hydrogens (tertiary/aromatic N) is 2. The van der Waals surface area contributed by atoms with Crippen molar-refractivity contribution < 1.29 is 14.3 Å². The first-order chi connectivity index (χ1) is 17.0. The molecule has 2 aromatic carbocycles. The van der Waals surface area contributed by atoms with E-state index in [0.29, 0.717) is 20.6 Å².